The molecule has 1 aromatic carbocycles. The zero-order valence-electron chi connectivity index (χ0n) is 13.1. The average Bonchev–Trinajstić information content (AvgIpc) is 2.99. The van der Waals surface area contributed by atoms with Crippen molar-refractivity contribution in [2.75, 3.05) is 11.9 Å². The number of hydrogen-bond acceptors (Lipinski definition) is 5. The van der Waals surface area contributed by atoms with E-state index in [-0.39, 0.29) is 5.78 Å². The zero-order valence-corrected chi connectivity index (χ0v) is 13.9. The first-order valence-electron chi connectivity index (χ1n) is 7.52. The maximum atomic E-state index is 12.0. The third-order valence-electron chi connectivity index (χ3n) is 4.10. The molecule has 1 unspecified atom stereocenters. The summed E-state index contributed by atoms with van der Waals surface area (Å²) in [4.78, 5) is 29.9. The topological polar surface area (TPSA) is 70.5 Å². The molecule has 1 heterocycles. The number of fused-ring (bicyclic) bond motifs is 1. The van der Waals surface area contributed by atoms with Crippen molar-refractivity contribution in [1.29, 1.82) is 0 Å². The van der Waals surface area contributed by atoms with Gasteiger partial charge in [-0.05, 0) is 44.4 Å². The maximum absolute atomic E-state index is 12.0. The van der Waals surface area contributed by atoms with E-state index in [9.17, 15) is 14.7 Å². The first kappa shape index (κ1) is 15.8. The van der Waals surface area contributed by atoms with Gasteiger partial charge in [-0.25, -0.2) is 4.98 Å². The van der Waals surface area contributed by atoms with E-state index in [1.807, 2.05) is 6.07 Å². The molecule has 0 spiro atoms. The van der Waals surface area contributed by atoms with Gasteiger partial charge in [0.15, 0.2) is 5.78 Å². The number of rotatable bonds is 4. The lowest BCUT2D eigenvalue weighted by Gasteiger charge is -2.14. The molecule has 1 N–H and O–H groups in total. The molecule has 1 aliphatic carbocycles. The Morgan fingerprint density at radius 2 is 2.26 bits per heavy atom. The van der Waals surface area contributed by atoms with Gasteiger partial charge in [0.1, 0.15) is 5.01 Å². The van der Waals surface area contributed by atoms with E-state index < -0.39 is 6.10 Å². The standard InChI is InChI=1S/C17H18N2O3S/c1-10(21)13-8-11(19(2)9-20)6-7-12(13)17-18-14-4-3-5-15(22)16(14)23-17/h6-9,15,22H,3-5H2,1-2H3. The Hall–Kier alpha value is -2.05. The number of aryl methyl sites for hydroxylation is 1. The SMILES string of the molecule is CC(=O)c1cc(N(C)C=O)ccc1-c1nc2c(s1)C(O)CCC2. The van der Waals surface area contributed by atoms with Crippen molar-refractivity contribution in [3.8, 4) is 10.6 Å². The number of amides is 1. The number of anilines is 1. The minimum Gasteiger partial charge on any atom is -0.388 e. The number of carbonyl (C=O) groups excluding carboxylic acids is 2. The number of thiazole rings is 1. The molecule has 0 radical (unpaired) electrons. The summed E-state index contributed by atoms with van der Waals surface area (Å²) in [5, 5.41) is 10.9. The fraction of sp³-hybridized carbons (Fsp3) is 0.353. The van der Waals surface area contributed by atoms with Gasteiger partial charge in [0.2, 0.25) is 6.41 Å². The second-order valence-corrected chi connectivity index (χ2v) is 6.77. The fourth-order valence-electron chi connectivity index (χ4n) is 2.80. The fourth-order valence-corrected chi connectivity index (χ4v) is 3.97. The van der Waals surface area contributed by atoms with E-state index in [0.717, 1.165) is 40.4 Å². The smallest absolute Gasteiger partial charge is 0.213 e. The Morgan fingerprint density at radius 3 is 2.91 bits per heavy atom. The molecule has 1 amide bonds. The third-order valence-corrected chi connectivity index (χ3v) is 5.33. The van der Waals surface area contributed by atoms with Gasteiger partial charge in [-0.15, -0.1) is 11.3 Å². The number of aliphatic hydroxyl groups excluding tert-OH is 1. The number of hydrogen-bond donors (Lipinski definition) is 1. The summed E-state index contributed by atoms with van der Waals surface area (Å²) >= 11 is 1.45. The van der Waals surface area contributed by atoms with Gasteiger partial charge in [0, 0.05) is 23.9 Å². The molecule has 2 aromatic rings. The predicted molar refractivity (Wildman–Crippen MR) is 89.9 cm³/mol. The lowest BCUT2D eigenvalue weighted by Crippen LogP contribution is -2.14. The van der Waals surface area contributed by atoms with E-state index in [0.29, 0.717) is 17.7 Å². The van der Waals surface area contributed by atoms with Crippen LogP contribution in [0.2, 0.25) is 0 Å². The Balaban J connectivity index is 2.09. The van der Waals surface area contributed by atoms with E-state index >= 15 is 0 Å². The molecule has 120 valence electrons. The van der Waals surface area contributed by atoms with E-state index in [2.05, 4.69) is 4.98 Å². The summed E-state index contributed by atoms with van der Waals surface area (Å²) < 4.78 is 0. The van der Waals surface area contributed by atoms with Crippen molar-refractivity contribution in [3.05, 3.63) is 34.3 Å². The Bertz CT molecular complexity index is 769. The minimum atomic E-state index is -0.453. The lowest BCUT2D eigenvalue weighted by atomic mass is 10.0. The summed E-state index contributed by atoms with van der Waals surface area (Å²) in [7, 11) is 1.64. The highest BCUT2D eigenvalue weighted by molar-refractivity contribution is 7.15. The molecular weight excluding hydrogens is 312 g/mol. The van der Waals surface area contributed by atoms with Gasteiger partial charge in [0.25, 0.3) is 0 Å². The summed E-state index contributed by atoms with van der Waals surface area (Å²) in [5.74, 6) is -0.0742. The van der Waals surface area contributed by atoms with Gasteiger partial charge < -0.3 is 10.0 Å². The zero-order chi connectivity index (χ0) is 16.6. The van der Waals surface area contributed by atoms with Gasteiger partial charge in [0.05, 0.1) is 16.7 Å². The van der Waals surface area contributed by atoms with Crippen LogP contribution in [-0.4, -0.2) is 29.3 Å². The van der Waals surface area contributed by atoms with E-state index in [1.165, 1.54) is 23.2 Å². The number of nitrogens with zero attached hydrogens (tertiary/aromatic N) is 2. The van der Waals surface area contributed by atoms with Gasteiger partial charge in [-0.3, -0.25) is 9.59 Å². The monoisotopic (exact) mass is 330 g/mol. The highest BCUT2D eigenvalue weighted by atomic mass is 32.1. The van der Waals surface area contributed by atoms with Crippen LogP contribution in [0.25, 0.3) is 10.6 Å². The second kappa shape index (κ2) is 6.22. The van der Waals surface area contributed by atoms with Crippen LogP contribution >= 0.6 is 11.3 Å². The molecular formula is C17H18N2O3S. The molecule has 23 heavy (non-hydrogen) atoms. The van der Waals surface area contributed by atoms with Gasteiger partial charge in [-0.2, -0.15) is 0 Å². The molecule has 0 saturated carbocycles. The number of Topliss-reactive ketones (excluding diaryl/α,β-unsaturated/α-hetero) is 1. The van der Waals surface area contributed by atoms with Crippen LogP contribution in [0.4, 0.5) is 5.69 Å². The Kier molecular flexibility index (Phi) is 4.28. The van der Waals surface area contributed by atoms with Crippen molar-refractivity contribution in [2.45, 2.75) is 32.3 Å². The van der Waals surface area contributed by atoms with Crippen LogP contribution in [0.15, 0.2) is 18.2 Å². The van der Waals surface area contributed by atoms with Crippen LogP contribution in [0.1, 0.15) is 46.8 Å². The van der Waals surface area contributed by atoms with Crippen molar-refractivity contribution in [1.82, 2.24) is 4.98 Å². The Labute approximate surface area is 138 Å². The molecule has 0 saturated heterocycles. The summed E-state index contributed by atoms with van der Waals surface area (Å²) in [5.41, 5.74) is 2.89. The van der Waals surface area contributed by atoms with Crippen LogP contribution in [0, 0.1) is 0 Å². The molecule has 1 aliphatic rings. The molecule has 1 atom stereocenters. The second-order valence-electron chi connectivity index (χ2n) is 5.74. The van der Waals surface area contributed by atoms with Crippen molar-refractivity contribution < 1.29 is 14.7 Å². The molecule has 0 fully saturated rings. The van der Waals surface area contributed by atoms with Crippen molar-refractivity contribution in [2.24, 2.45) is 0 Å². The molecule has 1 aromatic heterocycles. The van der Waals surface area contributed by atoms with Crippen LogP contribution in [-0.2, 0) is 11.2 Å². The lowest BCUT2D eigenvalue weighted by molar-refractivity contribution is -0.107. The van der Waals surface area contributed by atoms with E-state index in [4.69, 9.17) is 0 Å². The van der Waals surface area contributed by atoms with Crippen LogP contribution in [0.5, 0.6) is 0 Å². The predicted octanol–water partition coefficient (Wildman–Crippen LogP) is 2.98. The molecule has 0 bridgehead atoms. The van der Waals surface area contributed by atoms with Gasteiger partial charge >= 0.3 is 0 Å². The van der Waals surface area contributed by atoms with E-state index in [1.54, 1.807) is 19.2 Å². The quantitative estimate of drug-likeness (QED) is 0.691. The highest BCUT2D eigenvalue weighted by Gasteiger charge is 2.24. The summed E-state index contributed by atoms with van der Waals surface area (Å²) in [6.07, 6.45) is 2.81. The van der Waals surface area contributed by atoms with Gasteiger partial charge in [-0.1, -0.05) is 0 Å². The van der Waals surface area contributed by atoms with Crippen LogP contribution in [0.3, 0.4) is 0 Å². The van der Waals surface area contributed by atoms with Crippen LogP contribution < -0.4 is 4.90 Å². The molecule has 6 heteroatoms. The largest absolute Gasteiger partial charge is 0.388 e. The number of aliphatic hydroxyl groups is 1. The number of aromatic nitrogens is 1. The molecule has 3 rings (SSSR count). The van der Waals surface area contributed by atoms with Crippen molar-refractivity contribution in [3.63, 3.8) is 0 Å². The van der Waals surface area contributed by atoms with Crippen molar-refractivity contribution >= 4 is 29.2 Å². The molecule has 5 nitrogen and oxygen atoms in total. The Morgan fingerprint density at radius 1 is 1.48 bits per heavy atom. The highest BCUT2D eigenvalue weighted by Crippen LogP contribution is 2.39. The summed E-state index contributed by atoms with van der Waals surface area (Å²) in [6.45, 7) is 1.51. The first-order chi connectivity index (χ1) is 11.0. The average molecular weight is 330 g/mol. The number of carbonyl (C=O) groups is 2. The normalized spacial score (nSPS) is 16.7. The molecule has 0 aliphatic heterocycles. The third kappa shape index (κ3) is 2.92. The number of ketones is 1. The number of benzene rings is 1. The first-order valence-corrected chi connectivity index (χ1v) is 8.34. The maximum Gasteiger partial charge on any atom is 0.213 e. The minimum absolute atomic E-state index is 0.0742. The summed E-state index contributed by atoms with van der Waals surface area (Å²) in [6, 6.07) is 5.33.